The maximum atomic E-state index is 5.46. The highest BCUT2D eigenvalue weighted by molar-refractivity contribution is 7.81. The van der Waals surface area contributed by atoms with Crippen LogP contribution in [0.5, 0.6) is 0 Å². The number of hydrogen-bond acceptors (Lipinski definition) is 3. The van der Waals surface area contributed by atoms with Gasteiger partial charge in [-0.2, -0.15) is 12.6 Å². The smallest absolute Gasteiger partial charge is 0.0466 e. The Kier molecular flexibility index (Phi) is 8.72. The monoisotopic (exact) mass is 620 g/mol. The predicted octanol–water partition coefficient (Wildman–Crippen LogP) is 12.1. The van der Waals surface area contributed by atoms with Crippen LogP contribution in [0.4, 0.5) is 28.4 Å². The Morgan fingerprint density at radius 1 is 0.696 bits per heavy atom. The molecular formula is C43H44N2S. The van der Waals surface area contributed by atoms with Crippen LogP contribution in [-0.4, -0.2) is 7.05 Å². The molecule has 6 rings (SSSR count). The van der Waals surface area contributed by atoms with Crippen molar-refractivity contribution in [1.82, 2.24) is 0 Å². The number of fused-ring (bicyclic) bond motifs is 2. The molecule has 1 heterocycles. The van der Waals surface area contributed by atoms with Crippen LogP contribution in [0.25, 0.3) is 5.57 Å². The fourth-order valence-corrected chi connectivity index (χ4v) is 6.89. The largest absolute Gasteiger partial charge is 0.344 e. The van der Waals surface area contributed by atoms with Crippen molar-refractivity contribution in [1.29, 1.82) is 0 Å². The van der Waals surface area contributed by atoms with Gasteiger partial charge in [-0.25, -0.2) is 0 Å². The molecule has 0 aliphatic carbocycles. The Balaban J connectivity index is 1.55. The van der Waals surface area contributed by atoms with Gasteiger partial charge in [-0.3, -0.25) is 0 Å². The van der Waals surface area contributed by atoms with Gasteiger partial charge in [-0.05, 0) is 104 Å². The van der Waals surface area contributed by atoms with E-state index in [9.17, 15) is 0 Å². The lowest BCUT2D eigenvalue weighted by Gasteiger charge is -2.38. The minimum Gasteiger partial charge on any atom is -0.344 e. The summed E-state index contributed by atoms with van der Waals surface area (Å²) in [6, 6.07) is 45.8. The Labute approximate surface area is 281 Å². The predicted molar refractivity (Wildman–Crippen MR) is 203 cm³/mol. The second kappa shape index (κ2) is 12.7. The van der Waals surface area contributed by atoms with Crippen molar-refractivity contribution >= 4 is 46.6 Å². The SMILES string of the molecule is C/C(=C\C1=C/CC(C)(S)c2cc(N(c3ccccc3)c3ccc(C)cc3)ccc2N(C)c2ccccc2C1(C)C)c1ccccc1. The fraction of sp³-hybridized carbons (Fsp3) is 0.209. The zero-order valence-corrected chi connectivity index (χ0v) is 28.7. The van der Waals surface area contributed by atoms with Gasteiger partial charge in [-0.1, -0.05) is 110 Å². The van der Waals surface area contributed by atoms with E-state index in [1.54, 1.807) is 0 Å². The van der Waals surface area contributed by atoms with Crippen molar-refractivity contribution in [2.24, 2.45) is 0 Å². The third-order valence-corrected chi connectivity index (χ3v) is 9.89. The number of anilines is 5. The Hall–Kier alpha value is -4.47. The standard InChI is InChI=1S/C43H44N2S/c1-31-21-23-36(24-22-31)45(35-17-11-8-12-18-35)37-25-26-41-39(30-37)43(5,46)28-27-34(29-32(2)33-15-9-7-10-16-33)42(3,4)38-19-13-14-20-40(38)44(41)6/h7-27,29-30,46H,28H2,1-6H3/b32-29+,34-27+. The van der Waals surface area contributed by atoms with Crippen LogP contribution >= 0.6 is 12.6 Å². The summed E-state index contributed by atoms with van der Waals surface area (Å²) in [5, 5.41) is 0. The Morgan fingerprint density at radius 2 is 1.26 bits per heavy atom. The molecule has 1 aliphatic heterocycles. The van der Waals surface area contributed by atoms with Gasteiger partial charge < -0.3 is 9.80 Å². The molecule has 5 aromatic rings. The highest BCUT2D eigenvalue weighted by Crippen LogP contribution is 2.49. The molecule has 3 heteroatoms. The molecule has 0 radical (unpaired) electrons. The first kappa shape index (κ1) is 31.5. The second-order valence-corrected chi connectivity index (χ2v) is 14.2. The molecule has 46 heavy (non-hydrogen) atoms. The first-order chi connectivity index (χ1) is 22.1. The number of aryl methyl sites for hydroxylation is 1. The molecule has 0 amide bonds. The maximum absolute atomic E-state index is 5.46. The summed E-state index contributed by atoms with van der Waals surface area (Å²) < 4.78 is -0.447. The van der Waals surface area contributed by atoms with E-state index in [-0.39, 0.29) is 5.41 Å². The molecule has 1 atom stereocenters. The molecule has 0 saturated heterocycles. The van der Waals surface area contributed by atoms with Crippen molar-refractivity contribution in [3.63, 3.8) is 0 Å². The third kappa shape index (κ3) is 6.17. The molecule has 0 fully saturated rings. The highest BCUT2D eigenvalue weighted by atomic mass is 32.1. The molecule has 0 aromatic heterocycles. The number of nitrogens with zero attached hydrogens (tertiary/aromatic N) is 2. The summed E-state index contributed by atoms with van der Waals surface area (Å²) >= 11 is 5.46. The van der Waals surface area contributed by atoms with Crippen molar-refractivity contribution in [3.05, 3.63) is 167 Å². The Morgan fingerprint density at radius 3 is 1.96 bits per heavy atom. The van der Waals surface area contributed by atoms with Crippen LogP contribution in [0.15, 0.2) is 145 Å². The van der Waals surface area contributed by atoms with Crippen molar-refractivity contribution in [2.75, 3.05) is 16.8 Å². The first-order valence-electron chi connectivity index (χ1n) is 16.1. The zero-order chi connectivity index (χ0) is 32.5. The van der Waals surface area contributed by atoms with Gasteiger partial charge in [0.15, 0.2) is 0 Å². The van der Waals surface area contributed by atoms with Crippen molar-refractivity contribution < 1.29 is 0 Å². The van der Waals surface area contributed by atoms with E-state index >= 15 is 0 Å². The van der Waals surface area contributed by atoms with Crippen LogP contribution in [0.2, 0.25) is 0 Å². The van der Waals surface area contributed by atoms with E-state index in [0.29, 0.717) is 0 Å². The topological polar surface area (TPSA) is 6.48 Å². The van der Waals surface area contributed by atoms with Crippen LogP contribution in [0.3, 0.4) is 0 Å². The maximum Gasteiger partial charge on any atom is 0.0466 e. The minimum absolute atomic E-state index is 0.238. The van der Waals surface area contributed by atoms with Gasteiger partial charge in [0.2, 0.25) is 0 Å². The quantitative estimate of drug-likeness (QED) is 0.195. The fourth-order valence-electron chi connectivity index (χ4n) is 6.62. The normalized spacial score (nSPS) is 19.0. The lowest BCUT2D eigenvalue weighted by molar-refractivity contribution is 0.622. The molecule has 1 unspecified atom stereocenters. The lowest BCUT2D eigenvalue weighted by Crippen LogP contribution is -2.28. The molecule has 0 spiro atoms. The van der Waals surface area contributed by atoms with E-state index < -0.39 is 4.75 Å². The number of para-hydroxylation sites is 2. The van der Waals surface area contributed by atoms with Gasteiger partial charge >= 0.3 is 0 Å². The molecule has 5 aromatic carbocycles. The molecule has 0 saturated carbocycles. The van der Waals surface area contributed by atoms with Crippen molar-refractivity contribution in [3.8, 4) is 0 Å². The van der Waals surface area contributed by atoms with Gasteiger partial charge in [0.25, 0.3) is 0 Å². The summed E-state index contributed by atoms with van der Waals surface area (Å²) in [6.07, 6.45) is 5.58. The Bertz CT molecular complexity index is 1880. The van der Waals surface area contributed by atoms with E-state index in [2.05, 4.69) is 191 Å². The minimum atomic E-state index is -0.447. The molecular weight excluding hydrogens is 577 g/mol. The highest BCUT2D eigenvalue weighted by Gasteiger charge is 2.34. The molecule has 2 nitrogen and oxygen atoms in total. The van der Waals surface area contributed by atoms with Gasteiger partial charge in [-0.15, -0.1) is 0 Å². The summed E-state index contributed by atoms with van der Waals surface area (Å²) in [5.41, 5.74) is 13.0. The molecule has 232 valence electrons. The average molecular weight is 621 g/mol. The number of thiol groups is 1. The van der Waals surface area contributed by atoms with Gasteiger partial charge in [0.05, 0.1) is 0 Å². The van der Waals surface area contributed by atoms with Crippen molar-refractivity contribution in [2.45, 2.75) is 51.2 Å². The number of allylic oxidation sites excluding steroid dienone is 4. The number of rotatable bonds is 5. The second-order valence-electron chi connectivity index (χ2n) is 13.2. The van der Waals surface area contributed by atoms with Gasteiger partial charge in [0.1, 0.15) is 0 Å². The zero-order valence-electron chi connectivity index (χ0n) is 27.8. The van der Waals surface area contributed by atoms with E-state index in [0.717, 1.165) is 29.2 Å². The van der Waals surface area contributed by atoms with Crippen LogP contribution in [-0.2, 0) is 10.2 Å². The van der Waals surface area contributed by atoms with Crippen LogP contribution in [0, 0.1) is 6.92 Å². The van der Waals surface area contributed by atoms with E-state index in [1.165, 1.54) is 39.1 Å². The molecule has 0 N–H and O–H groups in total. The van der Waals surface area contributed by atoms with Gasteiger partial charge in [0, 0.05) is 45.6 Å². The summed E-state index contributed by atoms with van der Waals surface area (Å²) in [4.78, 5) is 4.70. The summed E-state index contributed by atoms with van der Waals surface area (Å²) in [5.74, 6) is 0. The lowest BCUT2D eigenvalue weighted by atomic mass is 9.74. The number of hydrogen-bond donors (Lipinski definition) is 1. The number of benzene rings is 5. The van der Waals surface area contributed by atoms with Crippen LogP contribution < -0.4 is 9.80 Å². The van der Waals surface area contributed by atoms with E-state index in [4.69, 9.17) is 12.6 Å². The van der Waals surface area contributed by atoms with Crippen LogP contribution in [0.1, 0.15) is 56.4 Å². The average Bonchev–Trinajstić information content (AvgIpc) is 3.07. The molecule has 0 bridgehead atoms. The van der Waals surface area contributed by atoms with E-state index in [1.807, 2.05) is 0 Å². The first-order valence-corrected chi connectivity index (χ1v) is 16.6. The summed E-state index contributed by atoms with van der Waals surface area (Å²) in [7, 11) is 2.20. The summed E-state index contributed by atoms with van der Waals surface area (Å²) in [6.45, 7) is 11.3. The third-order valence-electron chi connectivity index (χ3n) is 9.47. The molecule has 1 aliphatic rings.